The van der Waals surface area contributed by atoms with E-state index in [-0.39, 0.29) is 19.0 Å². The van der Waals surface area contributed by atoms with Crippen molar-refractivity contribution in [2.24, 2.45) is 21.2 Å². The lowest BCUT2D eigenvalue weighted by molar-refractivity contribution is 0.304. The van der Waals surface area contributed by atoms with E-state index in [2.05, 4.69) is 20.8 Å². The Morgan fingerprint density at radius 3 is 2.57 bits per heavy atom. The highest BCUT2D eigenvalue weighted by atomic mass is 16.5. The number of aliphatic hydroxyl groups excluding tert-OH is 1. The van der Waals surface area contributed by atoms with Crippen molar-refractivity contribution in [1.29, 1.82) is 0 Å². The number of nitrogens with two attached hydrogens (primary N) is 1. The summed E-state index contributed by atoms with van der Waals surface area (Å²) in [5, 5.41) is 23.0. The monoisotopic (exact) mass is 313 g/mol. The van der Waals surface area contributed by atoms with Crippen LogP contribution >= 0.6 is 0 Å². The molecule has 0 unspecified atom stereocenters. The van der Waals surface area contributed by atoms with E-state index in [1.165, 1.54) is 0 Å². The summed E-state index contributed by atoms with van der Waals surface area (Å²) in [7, 11) is 1.61. The molecule has 0 saturated heterocycles. The first-order valence-electron chi connectivity index (χ1n) is 7.06. The van der Waals surface area contributed by atoms with Gasteiger partial charge in [0.2, 0.25) is 0 Å². The van der Waals surface area contributed by atoms with Gasteiger partial charge < -0.3 is 20.9 Å². The molecule has 0 heterocycles. The molecule has 0 atom stereocenters. The summed E-state index contributed by atoms with van der Waals surface area (Å²) < 4.78 is 5.33. The maximum absolute atomic E-state index is 8.65. The average Bonchev–Trinajstić information content (AvgIpc) is 2.59. The van der Waals surface area contributed by atoms with Crippen LogP contribution in [0.2, 0.25) is 0 Å². The first-order chi connectivity index (χ1) is 11.3. The van der Waals surface area contributed by atoms with Crippen molar-refractivity contribution in [3.8, 4) is 5.75 Å². The van der Waals surface area contributed by atoms with Crippen LogP contribution < -0.4 is 15.8 Å². The van der Waals surface area contributed by atoms with E-state index in [1.807, 2.05) is 48.5 Å². The van der Waals surface area contributed by atoms with Crippen LogP contribution in [0.3, 0.4) is 0 Å². The minimum absolute atomic E-state index is 0.0785. The second-order valence-corrected chi connectivity index (χ2v) is 4.53. The normalized spacial score (nSPS) is 11.7. The largest absolute Gasteiger partial charge is 0.495 e. The number of nitrogens with zero attached hydrogens (tertiary/aromatic N) is 3. The Hall–Kier alpha value is -2.93. The van der Waals surface area contributed by atoms with Gasteiger partial charge in [0.05, 0.1) is 25.9 Å². The number of benzene rings is 2. The Kier molecular flexibility index (Phi) is 6.07. The number of hydrogen-bond acceptors (Lipinski definition) is 5. The molecule has 2 aromatic rings. The first-order valence-corrected chi connectivity index (χ1v) is 7.06. The van der Waals surface area contributed by atoms with Crippen LogP contribution in [0.15, 0.2) is 64.0 Å². The lowest BCUT2D eigenvalue weighted by atomic mass is 10.1. The van der Waals surface area contributed by atoms with Gasteiger partial charge >= 0.3 is 0 Å². The summed E-state index contributed by atoms with van der Waals surface area (Å²) in [6, 6.07) is 15.0. The van der Waals surface area contributed by atoms with Crippen molar-refractivity contribution in [3.63, 3.8) is 0 Å². The third-order valence-corrected chi connectivity index (χ3v) is 3.00. The molecule has 0 bridgehead atoms. The Morgan fingerprint density at radius 1 is 1.13 bits per heavy atom. The van der Waals surface area contributed by atoms with Gasteiger partial charge in [0.15, 0.2) is 5.84 Å². The average molecular weight is 313 g/mol. The van der Waals surface area contributed by atoms with Crippen molar-refractivity contribution >= 4 is 17.2 Å². The van der Waals surface area contributed by atoms with Crippen molar-refractivity contribution < 1.29 is 9.84 Å². The Labute approximate surface area is 134 Å². The number of nitrogens with one attached hydrogen (secondary N) is 1. The molecule has 0 aromatic heterocycles. The second-order valence-electron chi connectivity index (χ2n) is 4.53. The number of rotatable bonds is 7. The highest BCUT2D eigenvalue weighted by Crippen LogP contribution is 2.28. The molecule has 7 nitrogen and oxygen atoms in total. The molecule has 2 aromatic carbocycles. The van der Waals surface area contributed by atoms with E-state index in [9.17, 15) is 0 Å². The number of amidine groups is 1. The van der Waals surface area contributed by atoms with E-state index < -0.39 is 0 Å². The molecular weight excluding hydrogens is 294 g/mol. The van der Waals surface area contributed by atoms with E-state index in [0.717, 1.165) is 17.1 Å². The molecule has 4 N–H and O–H groups in total. The van der Waals surface area contributed by atoms with Gasteiger partial charge in [-0.05, 0) is 29.5 Å². The van der Waals surface area contributed by atoms with E-state index in [4.69, 9.17) is 15.6 Å². The fourth-order valence-electron chi connectivity index (χ4n) is 1.93. The molecule has 0 aliphatic carbocycles. The molecule has 0 aliphatic rings. The summed E-state index contributed by atoms with van der Waals surface area (Å²) in [6.07, 6.45) is 0. The van der Waals surface area contributed by atoms with Crippen LogP contribution in [-0.2, 0) is 0 Å². The molecule has 0 amide bonds. The fourth-order valence-corrected chi connectivity index (χ4v) is 1.93. The van der Waals surface area contributed by atoms with Crippen LogP contribution in [0.4, 0.5) is 11.4 Å². The van der Waals surface area contributed by atoms with Gasteiger partial charge in [0, 0.05) is 11.3 Å². The van der Waals surface area contributed by atoms with E-state index >= 15 is 0 Å². The van der Waals surface area contributed by atoms with Crippen LogP contribution in [0, 0.1) is 0 Å². The summed E-state index contributed by atoms with van der Waals surface area (Å²) >= 11 is 0. The molecule has 2 rings (SSSR count). The molecule has 0 fully saturated rings. The van der Waals surface area contributed by atoms with Gasteiger partial charge in [0.1, 0.15) is 5.75 Å². The topological polar surface area (TPSA) is 105 Å². The zero-order valence-corrected chi connectivity index (χ0v) is 12.8. The molecule has 7 heteroatoms. The van der Waals surface area contributed by atoms with Crippen molar-refractivity contribution in [3.05, 3.63) is 54.1 Å². The highest BCUT2D eigenvalue weighted by Gasteiger charge is 2.08. The first kappa shape index (κ1) is 16.4. The molecule has 23 heavy (non-hydrogen) atoms. The third-order valence-electron chi connectivity index (χ3n) is 3.00. The third kappa shape index (κ3) is 4.52. The number of hydrogen-bond donors (Lipinski definition) is 3. The lowest BCUT2D eigenvalue weighted by Gasteiger charge is -2.13. The quantitative estimate of drug-likeness (QED) is 0.316. The van der Waals surface area contributed by atoms with E-state index in [0.29, 0.717) is 5.56 Å². The maximum Gasteiger partial charge on any atom is 0.157 e. The summed E-state index contributed by atoms with van der Waals surface area (Å²) in [6.45, 7) is 0.114. The number of ether oxygens (including phenoxy) is 1. The second kappa shape index (κ2) is 8.50. The molecule has 120 valence electrons. The molecule has 0 aliphatic heterocycles. The molecule has 0 radical (unpaired) electrons. The molecule has 0 spiro atoms. The van der Waals surface area contributed by atoms with Crippen LogP contribution in [-0.4, -0.2) is 31.2 Å². The summed E-state index contributed by atoms with van der Waals surface area (Å²) in [5.74, 6) is 0.949. The minimum Gasteiger partial charge on any atom is -0.495 e. The number of anilines is 2. The van der Waals surface area contributed by atoms with Crippen LogP contribution in [0.25, 0.3) is 0 Å². The van der Waals surface area contributed by atoms with Gasteiger partial charge in [-0.25, -0.2) is 0 Å². The van der Waals surface area contributed by atoms with Crippen molar-refractivity contribution in [1.82, 2.24) is 0 Å². The number of methoxy groups -OCH3 is 1. The predicted octanol–water partition coefficient (Wildman–Crippen LogP) is 2.50. The standard InChI is InChI=1S/C16H19N5O2/c1-23-15-9-5-4-8-14(15)19-13-7-3-2-6-12(13)16(17)20-21-18-10-11-22/h2-9,19,22H,10-11H2,1H3,(H2,17,18,20). The molecular formula is C16H19N5O2. The lowest BCUT2D eigenvalue weighted by Crippen LogP contribution is -2.14. The SMILES string of the molecule is COc1ccccc1Nc1ccccc1/C(N)=N/N=NCCO. The Balaban J connectivity index is 2.27. The fraction of sp³-hybridized carbons (Fsp3) is 0.188. The van der Waals surface area contributed by atoms with E-state index in [1.54, 1.807) is 7.11 Å². The van der Waals surface area contributed by atoms with Crippen LogP contribution in [0.1, 0.15) is 5.56 Å². The zero-order valence-electron chi connectivity index (χ0n) is 12.8. The predicted molar refractivity (Wildman–Crippen MR) is 90.3 cm³/mol. The van der Waals surface area contributed by atoms with Gasteiger partial charge in [-0.1, -0.05) is 24.3 Å². The maximum atomic E-state index is 8.65. The number of para-hydroxylation sites is 3. The van der Waals surface area contributed by atoms with Gasteiger partial charge in [-0.2, -0.15) is 5.11 Å². The highest BCUT2D eigenvalue weighted by molar-refractivity contribution is 6.03. The van der Waals surface area contributed by atoms with Gasteiger partial charge in [0.25, 0.3) is 0 Å². The van der Waals surface area contributed by atoms with Crippen LogP contribution in [0.5, 0.6) is 5.75 Å². The smallest absolute Gasteiger partial charge is 0.157 e. The zero-order chi connectivity index (χ0) is 16.5. The Bertz CT molecular complexity index is 700. The number of aliphatic hydroxyl groups is 1. The van der Waals surface area contributed by atoms with Gasteiger partial charge in [-0.15, -0.1) is 5.10 Å². The minimum atomic E-state index is -0.0785. The van der Waals surface area contributed by atoms with Crippen molar-refractivity contribution in [2.45, 2.75) is 0 Å². The van der Waals surface area contributed by atoms with Crippen molar-refractivity contribution in [2.75, 3.05) is 25.6 Å². The summed E-state index contributed by atoms with van der Waals surface area (Å²) in [4.78, 5) is 0. The van der Waals surface area contributed by atoms with Gasteiger partial charge in [-0.3, -0.25) is 0 Å². The summed E-state index contributed by atoms with van der Waals surface area (Å²) in [5.41, 5.74) is 8.25. The molecule has 0 saturated carbocycles. The Morgan fingerprint density at radius 2 is 1.83 bits per heavy atom.